The van der Waals surface area contributed by atoms with Crippen LogP contribution in [0, 0.1) is 0 Å². The first kappa shape index (κ1) is 7.09. The maximum atomic E-state index is 10.0. The smallest absolute Gasteiger partial charge is 0.396 e. The van der Waals surface area contributed by atoms with E-state index >= 15 is 0 Å². The zero-order valence-electron chi connectivity index (χ0n) is 6.11. The number of hydrogen-bond acceptors (Lipinski definition) is 3. The molecule has 0 saturated carbocycles. The lowest BCUT2D eigenvalue weighted by Gasteiger charge is -1.97. The summed E-state index contributed by atoms with van der Waals surface area (Å²) in [6.07, 6.45) is 0.115. The van der Waals surface area contributed by atoms with Gasteiger partial charge in [-0.1, -0.05) is 0 Å². The minimum Gasteiger partial charge on any atom is -0.396 e. The van der Waals surface area contributed by atoms with E-state index in [1.165, 1.54) is 0 Å². The molecule has 0 heterocycles. The van der Waals surface area contributed by atoms with E-state index in [9.17, 15) is 4.57 Å². The van der Waals surface area contributed by atoms with E-state index < -0.39 is 8.25 Å². The first-order valence-electron chi connectivity index (χ1n) is 2.98. The highest BCUT2D eigenvalue weighted by Gasteiger charge is 2.17. The standard InChI is InChI=1S/C4H9O4P/c1-4(2-3-5)8-9(6)7/h4-5H,2-3H2,1H3/p+1/i5T. The van der Waals surface area contributed by atoms with Crippen LogP contribution in [0.4, 0.5) is 0 Å². The minimum atomic E-state index is -2.52. The second-order valence-electron chi connectivity index (χ2n) is 1.65. The van der Waals surface area contributed by atoms with Crippen molar-refractivity contribution in [2.24, 2.45) is 0 Å². The quantitative estimate of drug-likeness (QED) is 0.565. The van der Waals surface area contributed by atoms with Crippen LogP contribution in [-0.2, 0) is 9.09 Å². The van der Waals surface area contributed by atoms with Crippen LogP contribution in [0.25, 0.3) is 0 Å². The third-order valence-electron chi connectivity index (χ3n) is 0.794. The average molecular weight is 155 g/mol. The molecule has 2 unspecified atom stereocenters. The third kappa shape index (κ3) is 5.86. The molecule has 0 amide bonds. The second-order valence-corrected chi connectivity index (χ2v) is 2.33. The number of aliphatic hydroxyl groups excluding tert-OH is 1. The van der Waals surface area contributed by atoms with E-state index in [1.54, 1.807) is 6.92 Å². The van der Waals surface area contributed by atoms with Gasteiger partial charge in [0.1, 0.15) is 6.10 Å². The molecule has 0 saturated heterocycles. The molecule has 2 atom stereocenters. The number of aliphatic hydroxyl groups is 1. The Morgan fingerprint density at radius 3 is 3.11 bits per heavy atom. The monoisotopic (exact) mass is 155 g/mol. The Labute approximate surface area is 55.9 Å². The fraction of sp³-hybridized carbons (Fsp3) is 1.00. The van der Waals surface area contributed by atoms with Crippen LogP contribution >= 0.6 is 8.25 Å². The lowest BCUT2D eigenvalue weighted by molar-refractivity contribution is 0.161. The van der Waals surface area contributed by atoms with Gasteiger partial charge in [0.25, 0.3) is 0 Å². The van der Waals surface area contributed by atoms with Gasteiger partial charge in [0.15, 0.2) is 0 Å². The van der Waals surface area contributed by atoms with Crippen molar-refractivity contribution in [1.82, 2.24) is 0 Å². The van der Waals surface area contributed by atoms with E-state index in [0.29, 0.717) is 6.42 Å². The molecule has 4 nitrogen and oxygen atoms in total. The highest BCUT2D eigenvalue weighted by molar-refractivity contribution is 7.32. The van der Waals surface area contributed by atoms with Crippen LogP contribution in [-0.4, -0.2) is 24.1 Å². The van der Waals surface area contributed by atoms with Crippen molar-refractivity contribution in [1.29, 1.82) is 1.43 Å². The Balaban J connectivity index is 3.25. The second kappa shape index (κ2) is 4.82. The van der Waals surface area contributed by atoms with Crippen molar-refractivity contribution in [3.8, 4) is 0 Å². The minimum absolute atomic E-state index is 0.213. The van der Waals surface area contributed by atoms with E-state index in [1.807, 2.05) is 0 Å². The maximum absolute atomic E-state index is 10.0. The van der Waals surface area contributed by atoms with Crippen molar-refractivity contribution in [3.05, 3.63) is 0 Å². The van der Waals surface area contributed by atoms with Crippen LogP contribution in [0.2, 0.25) is 0 Å². The fourth-order valence-corrected chi connectivity index (χ4v) is 0.786. The molecule has 0 fully saturated rings. The normalized spacial score (nSPS) is 16.7. The van der Waals surface area contributed by atoms with Crippen molar-refractivity contribution >= 4 is 8.25 Å². The highest BCUT2D eigenvalue weighted by atomic mass is 31.1. The molecule has 9 heavy (non-hydrogen) atoms. The number of hydrogen-bond donors (Lipinski definition) is 2. The van der Waals surface area contributed by atoms with Gasteiger partial charge in [-0.25, -0.2) is 0 Å². The van der Waals surface area contributed by atoms with Gasteiger partial charge in [0, 0.05) is 17.6 Å². The fourth-order valence-electron chi connectivity index (χ4n) is 0.373. The lowest BCUT2D eigenvalue weighted by atomic mass is 10.3. The van der Waals surface area contributed by atoms with E-state index in [0.717, 1.165) is 0 Å². The molecular formula is C4H10O4P+. The third-order valence-corrected chi connectivity index (χ3v) is 1.33. The van der Waals surface area contributed by atoms with Gasteiger partial charge in [-0.3, -0.25) is 0 Å². The van der Waals surface area contributed by atoms with Gasteiger partial charge >= 0.3 is 8.25 Å². The topological polar surface area (TPSA) is 66.8 Å². The van der Waals surface area contributed by atoms with Crippen molar-refractivity contribution in [3.63, 3.8) is 0 Å². The highest BCUT2D eigenvalue weighted by Crippen LogP contribution is 2.18. The summed E-state index contributed by atoms with van der Waals surface area (Å²) in [7, 11) is -2.52. The lowest BCUT2D eigenvalue weighted by Crippen LogP contribution is -2.04. The van der Waals surface area contributed by atoms with Gasteiger partial charge in [-0.2, -0.15) is 0 Å². The first-order valence-corrected chi connectivity index (χ1v) is 3.71. The van der Waals surface area contributed by atoms with Gasteiger partial charge in [-0.15, -0.1) is 9.42 Å². The van der Waals surface area contributed by atoms with E-state index in [-0.39, 0.29) is 12.7 Å². The molecule has 0 spiro atoms. The molecule has 0 aliphatic carbocycles. The van der Waals surface area contributed by atoms with Gasteiger partial charge in [0.05, 0.1) is 0 Å². The van der Waals surface area contributed by atoms with Crippen LogP contribution in [0.5, 0.6) is 0 Å². The van der Waals surface area contributed by atoms with Gasteiger partial charge in [0.2, 0.25) is 1.43 Å². The van der Waals surface area contributed by atoms with E-state index in [4.69, 9.17) is 6.32 Å². The summed E-state index contributed by atoms with van der Waals surface area (Å²) < 4.78 is 20.8. The summed E-state index contributed by atoms with van der Waals surface area (Å²) >= 11 is 0. The Bertz CT molecular complexity index is 109. The van der Waals surface area contributed by atoms with Crippen molar-refractivity contribution in [2.75, 3.05) is 6.61 Å². The molecule has 0 aliphatic rings. The van der Waals surface area contributed by atoms with E-state index in [2.05, 4.69) is 9.63 Å². The maximum Gasteiger partial charge on any atom is 0.694 e. The van der Waals surface area contributed by atoms with Crippen molar-refractivity contribution in [2.45, 2.75) is 19.4 Å². The molecular weight excluding hydrogens is 143 g/mol. The Hall–Kier alpha value is -0.0200. The molecule has 5 heteroatoms. The molecule has 2 N–H and O–H groups in total. The number of rotatable bonds is 5. The molecule has 0 radical (unpaired) electrons. The molecule has 0 aromatic heterocycles. The summed E-state index contributed by atoms with van der Waals surface area (Å²) in [5.41, 5.74) is 0. The van der Waals surface area contributed by atoms with Crippen LogP contribution in [0.1, 0.15) is 13.3 Å². The van der Waals surface area contributed by atoms with Crippen LogP contribution in [0.15, 0.2) is 0 Å². The zero-order chi connectivity index (χ0) is 7.98. The molecule has 0 aromatic carbocycles. The predicted octanol–water partition coefficient (Wildman–Crippen LogP) is 0.424. The Morgan fingerprint density at radius 1 is 2.00 bits per heavy atom. The average Bonchev–Trinajstić information content (AvgIpc) is 1.82. The summed E-state index contributed by atoms with van der Waals surface area (Å²) in [6.45, 7) is 1.85. The van der Waals surface area contributed by atoms with Gasteiger partial charge < -0.3 is 5.11 Å². The molecule has 0 rings (SSSR count). The predicted molar refractivity (Wildman–Crippen MR) is 32.1 cm³/mol. The molecule has 54 valence electrons. The molecule has 0 bridgehead atoms. The van der Waals surface area contributed by atoms with Crippen LogP contribution < -0.4 is 0 Å². The Morgan fingerprint density at radius 2 is 2.67 bits per heavy atom. The van der Waals surface area contributed by atoms with Crippen LogP contribution in [0.3, 0.4) is 0 Å². The largest absolute Gasteiger partial charge is 0.694 e. The summed E-state index contributed by atoms with van der Waals surface area (Å²) in [6, 6.07) is 0. The molecule has 0 aliphatic heterocycles. The summed E-state index contributed by atoms with van der Waals surface area (Å²) in [5, 5.41) is 3.99. The first-order chi connectivity index (χ1) is 4.66. The molecule has 0 aromatic rings. The summed E-state index contributed by atoms with van der Waals surface area (Å²) in [5.74, 6) is 0. The Kier molecular flexibility index (Phi) is 3.80. The van der Waals surface area contributed by atoms with Crippen molar-refractivity contribution < 1.29 is 19.1 Å². The SMILES string of the molecule is [3H]OCCC(C)O[P+](=O)O. The van der Waals surface area contributed by atoms with Gasteiger partial charge in [-0.05, 0) is 6.92 Å². The summed E-state index contributed by atoms with van der Waals surface area (Å²) in [4.78, 5) is 8.22. The zero-order valence-corrected chi connectivity index (χ0v) is 6.01.